The Morgan fingerprint density at radius 2 is 1.60 bits per heavy atom. The number of carbonyl (C=O) groups is 3. The Balaban J connectivity index is 1.60. The van der Waals surface area contributed by atoms with Gasteiger partial charge in [-0.3, -0.25) is 14.5 Å². The first kappa shape index (κ1) is 56.2. The van der Waals surface area contributed by atoms with Gasteiger partial charge >= 0.3 is 12.1 Å². The number of amides is 1. The van der Waals surface area contributed by atoms with Crippen LogP contribution in [-0.2, 0) is 53.9 Å². The van der Waals surface area contributed by atoms with Crippen molar-refractivity contribution in [2.75, 3.05) is 46.4 Å². The molecular formula is C50H80Cl2N2O12S. The van der Waals surface area contributed by atoms with Gasteiger partial charge in [0, 0.05) is 57.4 Å². The van der Waals surface area contributed by atoms with E-state index in [-0.39, 0.29) is 43.7 Å². The molecule has 382 valence electrons. The number of cyclic esters (lactones) is 1. The fourth-order valence-corrected chi connectivity index (χ4v) is 12.1. The van der Waals surface area contributed by atoms with Crippen molar-refractivity contribution in [3.05, 3.63) is 33.8 Å². The second kappa shape index (κ2) is 23.6. The predicted octanol–water partition coefficient (Wildman–Crippen LogP) is 8.61. The van der Waals surface area contributed by atoms with Crippen LogP contribution in [0.2, 0.25) is 10.0 Å². The zero-order valence-electron chi connectivity index (χ0n) is 42.4. The summed E-state index contributed by atoms with van der Waals surface area (Å²) in [6.07, 6.45) is -0.911. The lowest BCUT2D eigenvalue weighted by atomic mass is 9.73. The van der Waals surface area contributed by atoms with E-state index >= 15 is 4.79 Å². The normalized spacial score (nSPS) is 40.3. The maximum atomic E-state index is 15.1. The Labute approximate surface area is 414 Å². The summed E-state index contributed by atoms with van der Waals surface area (Å²) in [6, 6.07) is 4.69. The molecule has 1 amide bonds. The molecule has 0 bridgehead atoms. The zero-order valence-corrected chi connectivity index (χ0v) is 44.7. The summed E-state index contributed by atoms with van der Waals surface area (Å²) < 4.78 is 52.4. The van der Waals surface area contributed by atoms with Gasteiger partial charge in [0.15, 0.2) is 18.2 Å². The number of aliphatic hydroxyl groups is 1. The number of ether oxygens (including phenoxy) is 8. The number of Topliss-reactive ketones (excluding diaryl/α,β-unsaturated/α-hetero) is 1. The first-order chi connectivity index (χ1) is 31.5. The standard InChI is InChI=1S/C50H80Cl2N2O12S/c1-15-38-50(10)43(54(47(58)66-50)21-19-34-17-18-36(51)37(52)24-34)30(4)41(55)28(2)26-49(9,60-13)45(65-39-25-35(23-29(3)61-39)53(11)20-16-22-67-14)31(5)42(32(6)46(57)63-38)64-40-27-48(8,59-12)44(56)33(7)62-40/h17-18,24,28-33,35,38-40,42-45,56H,15-16,19-23,25-27H2,1-14H3/t28-,29-,30+,31+,32-,33+,35+,38-,39+,40+,42+,43-,44+,45-,48-,49+,50-/m1/s1. The van der Waals surface area contributed by atoms with Crippen LogP contribution in [-0.4, -0.2) is 157 Å². The van der Waals surface area contributed by atoms with Gasteiger partial charge in [0.1, 0.15) is 18.0 Å². The van der Waals surface area contributed by atoms with Crippen LogP contribution < -0.4 is 0 Å². The molecule has 17 atom stereocenters. The van der Waals surface area contributed by atoms with Crippen LogP contribution in [0.4, 0.5) is 4.79 Å². The van der Waals surface area contributed by atoms with Crippen molar-refractivity contribution in [3.63, 3.8) is 0 Å². The van der Waals surface area contributed by atoms with Crippen LogP contribution >= 0.6 is 35.0 Å². The molecule has 17 heteroatoms. The van der Waals surface area contributed by atoms with E-state index in [1.54, 1.807) is 52.0 Å². The van der Waals surface area contributed by atoms with Gasteiger partial charge < -0.3 is 47.9 Å². The number of hydrogen-bond donors (Lipinski definition) is 1. The highest BCUT2D eigenvalue weighted by atomic mass is 35.5. The van der Waals surface area contributed by atoms with Gasteiger partial charge in [-0.15, -0.1) is 0 Å². The fourth-order valence-electron chi connectivity index (χ4n) is 11.3. The second-order valence-corrected chi connectivity index (χ2v) is 22.2. The third-order valence-electron chi connectivity index (χ3n) is 15.4. The van der Waals surface area contributed by atoms with Gasteiger partial charge in [-0.25, -0.2) is 4.79 Å². The predicted molar refractivity (Wildman–Crippen MR) is 261 cm³/mol. The Bertz CT molecular complexity index is 1840. The number of benzene rings is 1. The van der Waals surface area contributed by atoms with Gasteiger partial charge in [-0.05, 0) is 117 Å². The second-order valence-electron chi connectivity index (χ2n) is 20.4. The molecule has 1 N–H and O–H groups in total. The van der Waals surface area contributed by atoms with E-state index in [0.717, 1.165) is 30.7 Å². The van der Waals surface area contributed by atoms with E-state index in [4.69, 9.17) is 61.1 Å². The largest absolute Gasteiger partial charge is 0.458 e. The minimum absolute atomic E-state index is 0.108. The highest BCUT2D eigenvalue weighted by Crippen LogP contribution is 2.45. The molecule has 0 radical (unpaired) electrons. The van der Waals surface area contributed by atoms with E-state index in [1.165, 1.54) is 0 Å². The van der Waals surface area contributed by atoms with Crippen molar-refractivity contribution >= 4 is 52.8 Å². The summed E-state index contributed by atoms with van der Waals surface area (Å²) in [5.41, 5.74) is -2.75. The van der Waals surface area contributed by atoms with E-state index in [9.17, 15) is 14.7 Å². The fraction of sp³-hybridized carbons (Fsp3) is 0.820. The lowest BCUT2D eigenvalue weighted by Crippen LogP contribution is -2.60. The van der Waals surface area contributed by atoms with Crippen molar-refractivity contribution in [3.8, 4) is 0 Å². The topological polar surface area (TPSA) is 152 Å². The number of nitrogens with zero attached hydrogens (tertiary/aromatic N) is 2. The quantitative estimate of drug-likeness (QED) is 0.132. The molecule has 0 unspecified atom stereocenters. The highest BCUT2D eigenvalue weighted by molar-refractivity contribution is 7.98. The smallest absolute Gasteiger partial charge is 0.410 e. The van der Waals surface area contributed by atoms with E-state index in [2.05, 4.69) is 25.1 Å². The molecule has 4 aliphatic rings. The highest BCUT2D eigenvalue weighted by Gasteiger charge is 2.60. The van der Waals surface area contributed by atoms with Gasteiger partial charge in [0.2, 0.25) is 0 Å². The molecule has 0 aliphatic carbocycles. The molecule has 14 nitrogen and oxygen atoms in total. The summed E-state index contributed by atoms with van der Waals surface area (Å²) in [5, 5.41) is 12.0. The number of methoxy groups -OCH3 is 2. The minimum Gasteiger partial charge on any atom is -0.458 e. The van der Waals surface area contributed by atoms with Crippen LogP contribution in [0.25, 0.3) is 0 Å². The monoisotopic (exact) mass is 1000 g/mol. The Kier molecular flexibility index (Phi) is 19.8. The molecule has 4 fully saturated rings. The summed E-state index contributed by atoms with van der Waals surface area (Å²) in [7, 11) is 5.31. The zero-order chi connectivity index (χ0) is 49.8. The molecule has 0 spiro atoms. The first-order valence-electron chi connectivity index (χ1n) is 24.2. The summed E-state index contributed by atoms with van der Waals surface area (Å²) in [4.78, 5) is 48.2. The minimum atomic E-state index is -1.43. The van der Waals surface area contributed by atoms with E-state index in [0.29, 0.717) is 22.9 Å². The lowest BCUT2D eigenvalue weighted by Gasteiger charge is -2.49. The van der Waals surface area contributed by atoms with Crippen LogP contribution in [0.5, 0.6) is 0 Å². The summed E-state index contributed by atoms with van der Waals surface area (Å²) in [6.45, 7) is 19.8. The van der Waals surface area contributed by atoms with Gasteiger partial charge in [0.25, 0.3) is 0 Å². The lowest BCUT2D eigenvalue weighted by molar-refractivity contribution is -0.309. The van der Waals surface area contributed by atoms with Crippen molar-refractivity contribution in [1.29, 1.82) is 0 Å². The molecule has 0 aromatic heterocycles. The Hall–Kier alpha value is -1.76. The van der Waals surface area contributed by atoms with Crippen molar-refractivity contribution < 1.29 is 57.4 Å². The summed E-state index contributed by atoms with van der Waals surface area (Å²) >= 11 is 14.4. The number of esters is 1. The molecular weight excluding hydrogens is 924 g/mol. The van der Waals surface area contributed by atoms with Crippen LogP contribution in [0.3, 0.4) is 0 Å². The molecule has 5 rings (SSSR count). The van der Waals surface area contributed by atoms with Crippen LogP contribution in [0, 0.1) is 23.7 Å². The molecule has 1 aromatic rings. The van der Waals surface area contributed by atoms with Gasteiger partial charge in [-0.2, -0.15) is 11.8 Å². The van der Waals surface area contributed by atoms with Crippen molar-refractivity contribution in [2.45, 2.75) is 192 Å². The average Bonchev–Trinajstić information content (AvgIpc) is 3.55. The van der Waals surface area contributed by atoms with Gasteiger partial charge in [-0.1, -0.05) is 57.0 Å². The molecule has 4 heterocycles. The molecule has 1 aromatic carbocycles. The molecule has 67 heavy (non-hydrogen) atoms. The first-order valence-corrected chi connectivity index (χ1v) is 26.4. The number of aliphatic hydroxyl groups excluding tert-OH is 1. The van der Waals surface area contributed by atoms with E-state index in [1.807, 2.05) is 59.4 Å². The SMILES string of the molecule is CC[C@H]1OC(=O)[C@H](C)[C@@H](O[C@H]2C[C@@](C)(OC)[C@@H](O)[C@H](C)O2)[C@H](C)[C@@H](O[C@H]2C[C@@H](N(C)CCCSC)C[C@@H](C)O2)[C@@](C)(OC)C[C@@H](C)C(=O)[C@H](C)[C@H]2N(CCc3ccc(Cl)c(Cl)c3)C(=O)O[C@]12C. The molecule has 4 saturated heterocycles. The third-order valence-corrected chi connectivity index (χ3v) is 16.9. The third kappa shape index (κ3) is 12.7. The van der Waals surface area contributed by atoms with Crippen LogP contribution in [0.1, 0.15) is 113 Å². The number of thioether (sulfide) groups is 1. The maximum Gasteiger partial charge on any atom is 0.410 e. The summed E-state index contributed by atoms with van der Waals surface area (Å²) in [5.74, 6) is -2.56. The van der Waals surface area contributed by atoms with Crippen molar-refractivity contribution in [1.82, 2.24) is 9.80 Å². The number of halogens is 2. The maximum absolute atomic E-state index is 15.1. The molecule has 4 aliphatic heterocycles. The van der Waals surface area contributed by atoms with E-state index < -0.39 is 102 Å². The molecule has 0 saturated carbocycles. The number of rotatable bonds is 15. The Morgan fingerprint density at radius 1 is 0.910 bits per heavy atom. The number of ketones is 1. The number of carbonyl (C=O) groups excluding carboxylic acids is 3. The van der Waals surface area contributed by atoms with Crippen molar-refractivity contribution in [2.24, 2.45) is 23.7 Å². The number of hydrogen-bond acceptors (Lipinski definition) is 14. The Morgan fingerprint density at radius 3 is 2.22 bits per heavy atom. The van der Waals surface area contributed by atoms with Gasteiger partial charge in [0.05, 0.1) is 57.6 Å². The number of fused-ring (bicyclic) bond motifs is 1. The average molecular weight is 1000 g/mol. The van der Waals surface area contributed by atoms with Crippen LogP contribution in [0.15, 0.2) is 18.2 Å².